The lowest BCUT2D eigenvalue weighted by Crippen LogP contribution is -2.01. The smallest absolute Gasteiger partial charge is 0.269 e. The number of benzene rings is 2. The van der Waals surface area contributed by atoms with Gasteiger partial charge in [0.25, 0.3) is 11.4 Å². The minimum Gasteiger partial charge on any atom is -0.508 e. The first-order chi connectivity index (χ1) is 12.8. The molecule has 0 aliphatic heterocycles. The maximum absolute atomic E-state index is 10.3. The number of ether oxygens (including phenoxy) is 1. The molecule has 0 saturated carbocycles. The number of alkyl halides is 1. The Bertz CT molecular complexity index is 678. The van der Waals surface area contributed by atoms with Gasteiger partial charge in [0.1, 0.15) is 18.1 Å². The Labute approximate surface area is 159 Å². The Kier molecular flexibility index (Phi) is 12.7. The van der Waals surface area contributed by atoms with Crippen LogP contribution >= 0.6 is 11.6 Å². The third-order valence-electron chi connectivity index (χ3n) is 2.55. The highest BCUT2D eigenvalue weighted by molar-refractivity contribution is 6.17. The molecule has 0 radical (unpaired) electrons. The normalized spacial score (nSPS) is 9.15. The fraction of sp³-hybridized carbons (Fsp3) is 0.250. The second kappa shape index (κ2) is 14.2. The van der Waals surface area contributed by atoms with Crippen LogP contribution in [0.25, 0.3) is 0 Å². The predicted molar refractivity (Wildman–Crippen MR) is 98.2 cm³/mol. The second-order valence-electron chi connectivity index (χ2n) is 4.51. The van der Waals surface area contributed by atoms with Crippen LogP contribution < -0.4 is 4.74 Å². The van der Waals surface area contributed by atoms with Crippen molar-refractivity contribution in [1.82, 2.24) is 0 Å². The third kappa shape index (κ3) is 11.3. The molecule has 0 amide bonds. The minimum atomic E-state index is -0.514. The summed E-state index contributed by atoms with van der Waals surface area (Å²) in [6.45, 7) is 0.205. The van der Waals surface area contributed by atoms with Crippen molar-refractivity contribution in [2.45, 2.75) is 0 Å². The number of nitro groups is 2. The lowest BCUT2D eigenvalue weighted by atomic mass is 10.3. The summed E-state index contributed by atoms with van der Waals surface area (Å²) < 4.78 is 5.02. The summed E-state index contributed by atoms with van der Waals surface area (Å²) in [6, 6.07) is 10.7. The van der Waals surface area contributed by atoms with Gasteiger partial charge in [0, 0.05) is 30.1 Å². The summed E-state index contributed by atoms with van der Waals surface area (Å²) in [5.74, 6) is 0.894. The number of halogens is 1. The highest BCUT2D eigenvalue weighted by Crippen LogP contribution is 2.17. The molecule has 0 spiro atoms. The molecule has 2 rings (SSSR count). The lowest BCUT2D eigenvalue weighted by Gasteiger charge is -2.02. The van der Waals surface area contributed by atoms with Crippen LogP contribution in [0.2, 0.25) is 0 Å². The number of nitrogens with zero attached hydrogens (tertiary/aromatic N) is 2. The van der Waals surface area contributed by atoms with E-state index in [0.717, 1.165) is 0 Å². The summed E-state index contributed by atoms with van der Waals surface area (Å²) in [6.07, 6.45) is 0. The van der Waals surface area contributed by atoms with Gasteiger partial charge in [-0.15, -0.1) is 11.6 Å². The Morgan fingerprint density at radius 3 is 1.59 bits per heavy atom. The molecular weight excluding hydrogens is 384 g/mol. The van der Waals surface area contributed by atoms with Crippen molar-refractivity contribution in [3.05, 3.63) is 68.8 Å². The van der Waals surface area contributed by atoms with Gasteiger partial charge < -0.3 is 20.1 Å². The summed E-state index contributed by atoms with van der Waals surface area (Å²) in [5.41, 5.74) is 0.00847. The second-order valence-corrected chi connectivity index (χ2v) is 4.89. The number of aromatic hydroxyl groups is 1. The van der Waals surface area contributed by atoms with Crippen LogP contribution in [-0.4, -0.2) is 50.9 Å². The van der Waals surface area contributed by atoms with Crippen molar-refractivity contribution in [3.8, 4) is 11.5 Å². The maximum atomic E-state index is 10.3. The summed E-state index contributed by atoms with van der Waals surface area (Å²) >= 11 is 4.94. The monoisotopic (exact) mass is 402 g/mol. The number of phenolic OH excluding ortho intramolecular Hbond substituents is 1. The van der Waals surface area contributed by atoms with E-state index in [1.54, 1.807) is 0 Å². The summed E-state index contributed by atoms with van der Waals surface area (Å²) in [7, 11) is 0. The van der Waals surface area contributed by atoms with Crippen molar-refractivity contribution >= 4 is 23.0 Å². The molecule has 0 bridgehead atoms. The Balaban J connectivity index is 0.000000428. The fourth-order valence-corrected chi connectivity index (χ4v) is 1.40. The Hall–Kier alpha value is -2.95. The van der Waals surface area contributed by atoms with E-state index in [4.69, 9.17) is 31.7 Å². The van der Waals surface area contributed by atoms with Crippen molar-refractivity contribution < 1.29 is 29.9 Å². The van der Waals surface area contributed by atoms with E-state index in [-0.39, 0.29) is 36.9 Å². The third-order valence-corrected chi connectivity index (χ3v) is 2.72. The van der Waals surface area contributed by atoms with Gasteiger partial charge >= 0.3 is 0 Å². The zero-order valence-electron chi connectivity index (χ0n) is 14.1. The SMILES string of the molecule is O=[N+]([O-])c1ccc(O)cc1.O=[N+]([O-])c1ccc(OCCO)cc1.OCCCl. The van der Waals surface area contributed by atoms with E-state index >= 15 is 0 Å². The Morgan fingerprint density at radius 2 is 1.26 bits per heavy atom. The fourth-order valence-electron chi connectivity index (χ4n) is 1.40. The number of nitro benzene ring substituents is 2. The quantitative estimate of drug-likeness (QED) is 0.378. The molecule has 0 aliphatic carbocycles. The molecule has 11 heteroatoms. The molecule has 0 unspecified atom stereocenters. The predicted octanol–water partition coefficient (Wildman–Crippen LogP) is 2.48. The van der Waals surface area contributed by atoms with E-state index < -0.39 is 9.85 Å². The van der Waals surface area contributed by atoms with E-state index in [9.17, 15) is 20.2 Å². The van der Waals surface area contributed by atoms with Crippen molar-refractivity contribution in [2.24, 2.45) is 0 Å². The average molecular weight is 403 g/mol. The molecule has 2 aromatic rings. The van der Waals surface area contributed by atoms with E-state index in [0.29, 0.717) is 11.6 Å². The number of hydrogen-bond acceptors (Lipinski definition) is 8. The standard InChI is InChI=1S/C8H9NO4.C6H5NO3.C2H5ClO/c10-5-6-13-8-3-1-7(2-4-8)9(11)12;8-6-3-1-5(2-4-6)7(9)10;3-1-2-4/h1-4,10H,5-6H2;1-4,8H;4H,1-2H2. The lowest BCUT2D eigenvalue weighted by molar-refractivity contribution is -0.385. The van der Waals surface area contributed by atoms with Crippen LogP contribution in [0.4, 0.5) is 11.4 Å². The Morgan fingerprint density at radius 1 is 0.852 bits per heavy atom. The van der Waals surface area contributed by atoms with Crippen molar-refractivity contribution in [1.29, 1.82) is 0 Å². The van der Waals surface area contributed by atoms with Gasteiger partial charge in [-0.3, -0.25) is 20.2 Å². The van der Waals surface area contributed by atoms with Crippen molar-refractivity contribution in [3.63, 3.8) is 0 Å². The van der Waals surface area contributed by atoms with Gasteiger partial charge in [-0.25, -0.2) is 0 Å². The first-order valence-corrected chi connectivity index (χ1v) is 7.97. The maximum Gasteiger partial charge on any atom is 0.269 e. The van der Waals surface area contributed by atoms with Gasteiger partial charge in [-0.1, -0.05) is 0 Å². The largest absolute Gasteiger partial charge is 0.508 e. The van der Waals surface area contributed by atoms with Crippen LogP contribution in [-0.2, 0) is 0 Å². The van der Waals surface area contributed by atoms with E-state index in [1.807, 2.05) is 0 Å². The number of hydrogen-bond donors (Lipinski definition) is 3. The van der Waals surface area contributed by atoms with Crippen LogP contribution in [0.1, 0.15) is 0 Å². The van der Waals surface area contributed by atoms with Gasteiger partial charge in [0.2, 0.25) is 0 Å². The molecule has 148 valence electrons. The topological polar surface area (TPSA) is 156 Å². The highest BCUT2D eigenvalue weighted by Gasteiger charge is 2.03. The molecule has 0 heterocycles. The van der Waals surface area contributed by atoms with E-state index in [2.05, 4.69) is 0 Å². The molecule has 0 aromatic heterocycles. The molecular formula is C16H19ClN2O8. The summed E-state index contributed by atoms with van der Waals surface area (Å²) in [5, 5.41) is 45.2. The summed E-state index contributed by atoms with van der Waals surface area (Å²) in [4.78, 5) is 19.3. The minimum absolute atomic E-state index is 0.0159. The first kappa shape index (κ1) is 24.1. The van der Waals surface area contributed by atoms with Crippen molar-refractivity contribution in [2.75, 3.05) is 25.7 Å². The number of rotatable bonds is 6. The van der Waals surface area contributed by atoms with Gasteiger partial charge in [0.05, 0.1) is 23.1 Å². The molecule has 0 atom stereocenters. The molecule has 0 aliphatic rings. The number of aliphatic hydroxyl groups excluding tert-OH is 2. The first-order valence-electron chi connectivity index (χ1n) is 7.44. The number of non-ortho nitro benzene ring substituents is 2. The van der Waals surface area contributed by atoms with Crippen LogP contribution in [0.3, 0.4) is 0 Å². The highest BCUT2D eigenvalue weighted by atomic mass is 35.5. The molecule has 10 nitrogen and oxygen atoms in total. The molecule has 3 N–H and O–H groups in total. The van der Waals surface area contributed by atoms with Crippen LogP contribution in [0, 0.1) is 20.2 Å². The van der Waals surface area contributed by atoms with Gasteiger partial charge in [-0.05, 0) is 24.3 Å². The van der Waals surface area contributed by atoms with Gasteiger partial charge in [0.15, 0.2) is 0 Å². The molecule has 27 heavy (non-hydrogen) atoms. The van der Waals surface area contributed by atoms with Gasteiger partial charge in [-0.2, -0.15) is 0 Å². The molecule has 0 saturated heterocycles. The average Bonchev–Trinajstić information content (AvgIpc) is 2.67. The number of aliphatic hydroxyl groups is 2. The zero-order chi connectivity index (χ0) is 20.7. The molecule has 2 aromatic carbocycles. The number of phenols is 1. The molecule has 0 fully saturated rings. The van der Waals surface area contributed by atoms with E-state index in [1.165, 1.54) is 48.5 Å². The zero-order valence-corrected chi connectivity index (χ0v) is 14.9. The van der Waals surface area contributed by atoms with Crippen LogP contribution in [0.5, 0.6) is 11.5 Å². The van der Waals surface area contributed by atoms with Crippen LogP contribution in [0.15, 0.2) is 48.5 Å².